The van der Waals surface area contributed by atoms with Crippen molar-refractivity contribution in [2.24, 2.45) is 0 Å². The summed E-state index contributed by atoms with van der Waals surface area (Å²) in [6, 6.07) is 0. The van der Waals surface area contributed by atoms with Gasteiger partial charge >= 0.3 is 230 Å². The molecule has 0 aliphatic rings. The van der Waals surface area contributed by atoms with Crippen LogP contribution in [-0.2, 0) is 0 Å². The molecule has 0 fully saturated rings. The molecule has 214 valence electrons. The Kier molecular flexibility index (Phi) is 25.5. The van der Waals surface area contributed by atoms with Crippen LogP contribution in [0.5, 0.6) is 0 Å². The molecule has 0 nitrogen and oxygen atoms in total. The number of unbranched alkanes of at least 4 members (excludes halogenated alkanes) is 21. The Morgan fingerprint density at radius 2 is 0.457 bits per heavy atom. The van der Waals surface area contributed by atoms with Gasteiger partial charge in [0.15, 0.2) is 0 Å². The Morgan fingerprint density at radius 3 is 0.657 bits per heavy atom. The molecule has 0 radical (unpaired) electrons. The van der Waals surface area contributed by atoms with Crippen LogP contribution >= 0.6 is 17.2 Å². The molecular weight excluding hydrogens is 463 g/mol. The Morgan fingerprint density at radius 1 is 0.286 bits per heavy atom. The summed E-state index contributed by atoms with van der Waals surface area (Å²) >= 11 is 8.11. The van der Waals surface area contributed by atoms with Crippen molar-refractivity contribution in [1.29, 1.82) is 0 Å². The van der Waals surface area contributed by atoms with Crippen LogP contribution in [0.3, 0.4) is 0 Å². The second kappa shape index (κ2) is 25.0. The maximum atomic E-state index is 8.11. The predicted octanol–water partition coefficient (Wildman–Crippen LogP) is 13.5. The third-order valence-corrected chi connectivity index (χ3v) is 16.3. The second-order valence-electron chi connectivity index (χ2n) is 12.1. The van der Waals surface area contributed by atoms with Crippen LogP contribution in [0.25, 0.3) is 0 Å². The Bertz CT molecular complexity index is 378. The molecule has 0 unspecified atom stereocenters. The van der Waals surface area contributed by atoms with Crippen molar-refractivity contribution in [2.75, 3.05) is 24.6 Å². The van der Waals surface area contributed by atoms with Crippen molar-refractivity contribution in [3.63, 3.8) is 0 Å². The van der Waals surface area contributed by atoms with E-state index in [4.69, 9.17) is 11.2 Å². The van der Waals surface area contributed by atoms with Crippen LogP contribution < -0.4 is 0 Å². The standard InChI is InChI=1S/C33H70ClP/c1-5-9-13-17-21-25-29-33-35(34,30-26-22-18-14-10-6-2,31-27-23-19-15-11-7-3)32-28-24-20-16-12-8-4/h5-33H2,1-4H3. The summed E-state index contributed by atoms with van der Waals surface area (Å²) in [5.74, 6) is -2.10. The molecular formula is C33H70ClP. The fraction of sp³-hybridized carbons (Fsp3) is 1.00. The Balaban J connectivity index is 5.00. The molecule has 0 rings (SSSR count). The molecule has 0 aliphatic heterocycles. The molecule has 0 bridgehead atoms. The summed E-state index contributed by atoms with van der Waals surface area (Å²) in [5, 5.41) is 0. The van der Waals surface area contributed by atoms with Gasteiger partial charge in [0.1, 0.15) is 0 Å². The van der Waals surface area contributed by atoms with Crippen LogP contribution in [-0.4, -0.2) is 24.6 Å². The Hall–Kier alpha value is 0.720. The van der Waals surface area contributed by atoms with Gasteiger partial charge in [-0.2, -0.15) is 0 Å². The van der Waals surface area contributed by atoms with Crippen molar-refractivity contribution < 1.29 is 0 Å². The van der Waals surface area contributed by atoms with Crippen molar-refractivity contribution in [3.05, 3.63) is 0 Å². The van der Waals surface area contributed by atoms with Crippen molar-refractivity contribution in [2.45, 2.75) is 188 Å². The zero-order valence-corrected chi connectivity index (χ0v) is 27.0. The number of halogens is 1. The molecule has 0 amide bonds. The summed E-state index contributed by atoms with van der Waals surface area (Å²) in [6.45, 7) is 9.31. The number of rotatable bonds is 29. The molecule has 0 saturated carbocycles. The van der Waals surface area contributed by atoms with Gasteiger partial charge in [-0.1, -0.05) is 0 Å². The zero-order valence-electron chi connectivity index (χ0n) is 25.3. The van der Waals surface area contributed by atoms with Gasteiger partial charge in [-0.15, -0.1) is 0 Å². The van der Waals surface area contributed by atoms with Gasteiger partial charge in [0.05, 0.1) is 0 Å². The van der Waals surface area contributed by atoms with Crippen LogP contribution in [0.4, 0.5) is 0 Å². The quantitative estimate of drug-likeness (QED) is 0.0663. The molecule has 0 aromatic carbocycles. The average Bonchev–Trinajstić information content (AvgIpc) is 2.85. The minimum absolute atomic E-state index is 1.35. The van der Waals surface area contributed by atoms with E-state index in [-0.39, 0.29) is 0 Å². The van der Waals surface area contributed by atoms with Crippen molar-refractivity contribution in [1.82, 2.24) is 0 Å². The molecule has 0 atom stereocenters. The van der Waals surface area contributed by atoms with Crippen LogP contribution in [0.1, 0.15) is 188 Å². The van der Waals surface area contributed by atoms with Gasteiger partial charge in [0.2, 0.25) is 0 Å². The van der Waals surface area contributed by atoms with Gasteiger partial charge in [-0.05, 0) is 0 Å². The second-order valence-corrected chi connectivity index (χ2v) is 20.4. The van der Waals surface area contributed by atoms with Crippen LogP contribution in [0, 0.1) is 0 Å². The predicted molar refractivity (Wildman–Crippen MR) is 170 cm³/mol. The summed E-state index contributed by atoms with van der Waals surface area (Å²) < 4.78 is 0. The first kappa shape index (κ1) is 35.7. The van der Waals surface area contributed by atoms with E-state index in [0.717, 1.165) is 0 Å². The van der Waals surface area contributed by atoms with Gasteiger partial charge in [-0.25, -0.2) is 0 Å². The fourth-order valence-corrected chi connectivity index (χ4v) is 12.8. The van der Waals surface area contributed by atoms with E-state index in [0.29, 0.717) is 0 Å². The SMILES string of the molecule is CCCCCCCCCP(Cl)(CCCCCCCC)(CCCCCCCC)CCCCCCCC. The van der Waals surface area contributed by atoms with E-state index < -0.39 is 5.96 Å². The molecule has 0 saturated heterocycles. The van der Waals surface area contributed by atoms with E-state index >= 15 is 0 Å². The van der Waals surface area contributed by atoms with E-state index in [1.807, 2.05) is 0 Å². The van der Waals surface area contributed by atoms with Crippen LogP contribution in [0.2, 0.25) is 0 Å². The number of hydrogen-bond acceptors (Lipinski definition) is 0. The first-order valence-electron chi connectivity index (χ1n) is 16.8. The molecule has 0 spiro atoms. The number of hydrogen-bond donors (Lipinski definition) is 0. The zero-order chi connectivity index (χ0) is 26.0. The average molecular weight is 533 g/mol. The van der Waals surface area contributed by atoms with Gasteiger partial charge in [0, 0.05) is 0 Å². The minimum atomic E-state index is -2.10. The van der Waals surface area contributed by atoms with Gasteiger partial charge < -0.3 is 0 Å². The first-order chi connectivity index (χ1) is 17.0. The summed E-state index contributed by atoms with van der Waals surface area (Å²) in [6.07, 6.45) is 40.9. The molecule has 0 aliphatic carbocycles. The van der Waals surface area contributed by atoms with E-state index in [9.17, 15) is 0 Å². The van der Waals surface area contributed by atoms with Gasteiger partial charge in [-0.3, -0.25) is 0 Å². The summed E-state index contributed by atoms with van der Waals surface area (Å²) in [7, 11) is 0. The Labute approximate surface area is 229 Å². The van der Waals surface area contributed by atoms with E-state index in [1.165, 1.54) is 185 Å². The third kappa shape index (κ3) is 21.4. The first-order valence-corrected chi connectivity index (χ1v) is 20.6. The topological polar surface area (TPSA) is 0 Å². The summed E-state index contributed by atoms with van der Waals surface area (Å²) in [5.41, 5.74) is 0. The molecule has 0 N–H and O–H groups in total. The van der Waals surface area contributed by atoms with Crippen LogP contribution in [0.15, 0.2) is 0 Å². The molecule has 0 aromatic heterocycles. The fourth-order valence-electron chi connectivity index (χ4n) is 6.00. The molecule has 0 heterocycles. The van der Waals surface area contributed by atoms with Gasteiger partial charge in [0.25, 0.3) is 0 Å². The maximum absolute atomic E-state index is 8.11. The summed E-state index contributed by atoms with van der Waals surface area (Å²) in [4.78, 5) is 0. The normalized spacial score (nSPS) is 13.2. The van der Waals surface area contributed by atoms with E-state index in [1.54, 1.807) is 0 Å². The van der Waals surface area contributed by atoms with Crippen molar-refractivity contribution in [3.8, 4) is 0 Å². The van der Waals surface area contributed by atoms with E-state index in [2.05, 4.69) is 27.7 Å². The van der Waals surface area contributed by atoms with Crippen molar-refractivity contribution >= 4 is 17.2 Å². The molecule has 35 heavy (non-hydrogen) atoms. The third-order valence-electron chi connectivity index (χ3n) is 8.53. The molecule has 0 aromatic rings. The molecule has 2 heteroatoms. The monoisotopic (exact) mass is 532 g/mol.